The van der Waals surface area contributed by atoms with Gasteiger partial charge in [0, 0.05) is 13.1 Å². The van der Waals surface area contributed by atoms with Gasteiger partial charge in [-0.15, -0.1) is 0 Å². The number of carbonyl (C=O) groups excluding carboxylic acids is 1. The zero-order chi connectivity index (χ0) is 13.3. The van der Waals surface area contributed by atoms with Gasteiger partial charge in [-0.25, -0.2) is 9.59 Å². The summed E-state index contributed by atoms with van der Waals surface area (Å²) in [4.78, 5) is 23.6. The Hall–Kier alpha value is -1.34. The van der Waals surface area contributed by atoms with Crippen LogP contribution < -0.4 is 5.32 Å². The number of aliphatic carboxylic acids is 1. The van der Waals surface area contributed by atoms with Gasteiger partial charge in [-0.2, -0.15) is 0 Å². The highest BCUT2D eigenvalue weighted by Gasteiger charge is 2.21. The molecule has 0 saturated heterocycles. The van der Waals surface area contributed by atoms with E-state index in [0.717, 1.165) is 12.8 Å². The van der Waals surface area contributed by atoms with Gasteiger partial charge in [0.1, 0.15) is 0 Å². The van der Waals surface area contributed by atoms with Crippen LogP contribution in [0, 0.1) is 0 Å². The van der Waals surface area contributed by atoms with E-state index in [0.29, 0.717) is 6.54 Å². The quantitative estimate of drug-likeness (QED) is 0.451. The zero-order valence-corrected chi connectivity index (χ0v) is 9.93. The van der Waals surface area contributed by atoms with Gasteiger partial charge in [-0.3, -0.25) is 0 Å². The van der Waals surface area contributed by atoms with E-state index in [1.807, 2.05) is 6.92 Å². The van der Waals surface area contributed by atoms with Crippen LogP contribution in [0.2, 0.25) is 0 Å². The number of rotatable bonds is 8. The fourth-order valence-corrected chi connectivity index (χ4v) is 1.21. The summed E-state index contributed by atoms with van der Waals surface area (Å²) in [5.74, 6) is -1.29. The van der Waals surface area contributed by atoms with Crippen LogP contribution in [0.3, 0.4) is 0 Å². The van der Waals surface area contributed by atoms with E-state index in [4.69, 9.17) is 15.3 Å². The SMILES string of the molecule is CCCCN(CCO)C(=O)N[C@H](CO)C(=O)O. The number of carbonyl (C=O) groups is 2. The molecule has 0 aromatic carbocycles. The molecule has 0 radical (unpaired) electrons. The van der Waals surface area contributed by atoms with Crippen LogP contribution in [-0.4, -0.2) is 64.6 Å². The van der Waals surface area contributed by atoms with Gasteiger partial charge in [0.05, 0.1) is 13.2 Å². The highest BCUT2D eigenvalue weighted by atomic mass is 16.4. The van der Waals surface area contributed by atoms with Gasteiger partial charge in [0.2, 0.25) is 0 Å². The second-order valence-electron chi connectivity index (χ2n) is 3.59. The lowest BCUT2D eigenvalue weighted by Crippen LogP contribution is -2.50. The average Bonchev–Trinajstić information content (AvgIpc) is 2.30. The maximum atomic E-state index is 11.6. The number of amides is 2. The number of hydrogen-bond acceptors (Lipinski definition) is 4. The van der Waals surface area contributed by atoms with Crippen LogP contribution in [0.5, 0.6) is 0 Å². The summed E-state index contributed by atoms with van der Waals surface area (Å²) in [7, 11) is 0. The molecule has 0 saturated carbocycles. The summed E-state index contributed by atoms with van der Waals surface area (Å²) < 4.78 is 0. The van der Waals surface area contributed by atoms with E-state index >= 15 is 0 Å². The molecule has 2 amide bonds. The lowest BCUT2D eigenvalue weighted by atomic mass is 10.3. The first-order valence-electron chi connectivity index (χ1n) is 5.56. The number of nitrogens with zero attached hydrogens (tertiary/aromatic N) is 1. The number of unbranched alkanes of at least 4 members (excludes halogenated alkanes) is 1. The van der Waals surface area contributed by atoms with E-state index in [-0.39, 0.29) is 13.2 Å². The van der Waals surface area contributed by atoms with Crippen molar-refractivity contribution in [3.8, 4) is 0 Å². The minimum absolute atomic E-state index is 0.142. The Morgan fingerprint density at radius 2 is 1.94 bits per heavy atom. The molecule has 100 valence electrons. The number of aliphatic hydroxyl groups is 2. The lowest BCUT2D eigenvalue weighted by molar-refractivity contribution is -0.140. The third-order valence-electron chi connectivity index (χ3n) is 2.22. The molecule has 0 fully saturated rings. The van der Waals surface area contributed by atoms with E-state index in [1.165, 1.54) is 4.90 Å². The largest absolute Gasteiger partial charge is 0.480 e. The van der Waals surface area contributed by atoms with Crippen molar-refractivity contribution in [2.45, 2.75) is 25.8 Å². The predicted octanol–water partition coefficient (Wildman–Crippen LogP) is -0.764. The number of carboxylic acids is 1. The smallest absolute Gasteiger partial charge is 0.328 e. The molecule has 0 aromatic rings. The molecule has 0 aliphatic rings. The Morgan fingerprint density at radius 1 is 1.29 bits per heavy atom. The first-order chi connectivity index (χ1) is 8.06. The summed E-state index contributed by atoms with van der Waals surface area (Å²) in [5.41, 5.74) is 0. The monoisotopic (exact) mass is 248 g/mol. The summed E-state index contributed by atoms with van der Waals surface area (Å²) in [5, 5.41) is 28.4. The molecular formula is C10H20N2O5. The minimum Gasteiger partial charge on any atom is -0.480 e. The van der Waals surface area contributed by atoms with E-state index in [2.05, 4.69) is 5.32 Å². The van der Waals surface area contributed by atoms with Gasteiger partial charge >= 0.3 is 12.0 Å². The first kappa shape index (κ1) is 15.7. The minimum atomic E-state index is -1.31. The molecule has 0 unspecified atom stereocenters. The Labute approximate surface area is 100 Å². The summed E-state index contributed by atoms with van der Waals surface area (Å²) >= 11 is 0. The van der Waals surface area contributed by atoms with Crippen LogP contribution in [0.25, 0.3) is 0 Å². The van der Waals surface area contributed by atoms with Gasteiger partial charge in [0.25, 0.3) is 0 Å². The molecule has 0 aliphatic carbocycles. The molecular weight excluding hydrogens is 228 g/mol. The fraction of sp³-hybridized carbons (Fsp3) is 0.800. The Balaban J connectivity index is 4.33. The van der Waals surface area contributed by atoms with Crippen molar-refractivity contribution in [2.24, 2.45) is 0 Å². The van der Waals surface area contributed by atoms with Gasteiger partial charge in [-0.05, 0) is 6.42 Å². The second-order valence-corrected chi connectivity index (χ2v) is 3.59. The van der Waals surface area contributed by atoms with E-state index < -0.39 is 24.6 Å². The van der Waals surface area contributed by atoms with E-state index in [1.54, 1.807) is 0 Å². The molecule has 0 aromatic heterocycles. The van der Waals surface area contributed by atoms with E-state index in [9.17, 15) is 9.59 Å². The maximum Gasteiger partial charge on any atom is 0.328 e. The molecule has 0 spiro atoms. The number of carboxylic acid groups (broad SMARTS) is 1. The van der Waals surface area contributed by atoms with Crippen LogP contribution in [0.4, 0.5) is 4.79 Å². The second kappa shape index (κ2) is 8.77. The Morgan fingerprint density at radius 3 is 2.35 bits per heavy atom. The van der Waals surface area contributed by atoms with Crippen molar-refractivity contribution in [1.82, 2.24) is 10.2 Å². The number of hydrogen-bond donors (Lipinski definition) is 4. The summed E-state index contributed by atoms with van der Waals surface area (Å²) in [6, 6.07) is -1.90. The van der Waals surface area contributed by atoms with Gasteiger partial charge in [0.15, 0.2) is 6.04 Å². The summed E-state index contributed by atoms with van der Waals surface area (Å²) in [6.45, 7) is 1.70. The van der Waals surface area contributed by atoms with Crippen molar-refractivity contribution < 1.29 is 24.9 Å². The van der Waals surface area contributed by atoms with Crippen molar-refractivity contribution in [2.75, 3.05) is 26.3 Å². The van der Waals surface area contributed by atoms with Crippen molar-refractivity contribution in [1.29, 1.82) is 0 Å². The number of nitrogens with one attached hydrogen (secondary N) is 1. The molecule has 7 heteroatoms. The maximum absolute atomic E-state index is 11.6. The predicted molar refractivity (Wildman–Crippen MR) is 60.6 cm³/mol. The number of urea groups is 1. The summed E-state index contributed by atoms with van der Waals surface area (Å²) in [6.07, 6.45) is 1.65. The fourth-order valence-electron chi connectivity index (χ4n) is 1.21. The lowest BCUT2D eigenvalue weighted by Gasteiger charge is -2.23. The van der Waals surface area contributed by atoms with Crippen molar-refractivity contribution in [3.05, 3.63) is 0 Å². The van der Waals surface area contributed by atoms with Crippen LogP contribution in [0.15, 0.2) is 0 Å². The third-order valence-corrected chi connectivity index (χ3v) is 2.22. The number of aliphatic hydroxyl groups excluding tert-OH is 2. The molecule has 7 nitrogen and oxygen atoms in total. The van der Waals surface area contributed by atoms with Gasteiger partial charge < -0.3 is 25.5 Å². The van der Waals surface area contributed by atoms with Crippen LogP contribution in [0.1, 0.15) is 19.8 Å². The molecule has 0 rings (SSSR count). The highest BCUT2D eigenvalue weighted by molar-refractivity contribution is 5.82. The van der Waals surface area contributed by atoms with Crippen LogP contribution >= 0.6 is 0 Å². The van der Waals surface area contributed by atoms with Crippen LogP contribution in [-0.2, 0) is 4.79 Å². The average molecular weight is 248 g/mol. The Bertz CT molecular complexity index is 247. The molecule has 0 bridgehead atoms. The highest BCUT2D eigenvalue weighted by Crippen LogP contribution is 1.97. The normalized spacial score (nSPS) is 11.9. The molecule has 0 heterocycles. The Kier molecular flexibility index (Phi) is 8.08. The molecule has 1 atom stereocenters. The van der Waals surface area contributed by atoms with Gasteiger partial charge in [-0.1, -0.05) is 13.3 Å². The standard InChI is InChI=1S/C10H20N2O5/c1-2-3-4-12(5-6-13)10(17)11-8(7-14)9(15)16/h8,13-14H,2-7H2,1H3,(H,11,17)(H,15,16)/t8-/m1/s1. The van der Waals surface area contributed by atoms with Crippen molar-refractivity contribution >= 4 is 12.0 Å². The molecule has 0 aliphatic heterocycles. The third kappa shape index (κ3) is 6.08. The first-order valence-corrected chi connectivity index (χ1v) is 5.56. The topological polar surface area (TPSA) is 110 Å². The molecule has 17 heavy (non-hydrogen) atoms. The molecule has 4 N–H and O–H groups in total. The zero-order valence-electron chi connectivity index (χ0n) is 9.93. The van der Waals surface area contributed by atoms with Crippen molar-refractivity contribution in [3.63, 3.8) is 0 Å².